The van der Waals surface area contributed by atoms with Crippen LogP contribution in [0.3, 0.4) is 0 Å². The first-order chi connectivity index (χ1) is 28.8. The zero-order valence-electron chi connectivity index (χ0n) is 32.8. The van der Waals surface area contributed by atoms with Crippen molar-refractivity contribution in [1.82, 2.24) is 9.78 Å². The first-order valence-corrected chi connectivity index (χ1v) is 22.1. The van der Waals surface area contributed by atoms with Gasteiger partial charge in [0.05, 0.1) is 33.7 Å². The summed E-state index contributed by atoms with van der Waals surface area (Å²) >= 11 is 10.1. The molecule has 10 rings (SSSR count). The van der Waals surface area contributed by atoms with Gasteiger partial charge in [0.25, 0.3) is 0 Å². The third kappa shape index (κ3) is 5.88. The Kier molecular flexibility index (Phi) is 9.34. The molecule has 4 amide bonds. The molecule has 0 radical (unpaired) electrons. The predicted octanol–water partition coefficient (Wildman–Crippen LogP) is 9.59. The van der Waals surface area contributed by atoms with Crippen molar-refractivity contribution in [3.63, 3.8) is 0 Å². The number of amides is 4. The van der Waals surface area contributed by atoms with Crippen LogP contribution in [-0.2, 0) is 32.8 Å². The van der Waals surface area contributed by atoms with Gasteiger partial charge in [0.15, 0.2) is 0 Å². The first-order valence-electron chi connectivity index (χ1n) is 19.8. The maximum atomic E-state index is 15.3. The van der Waals surface area contributed by atoms with Crippen LogP contribution >= 0.6 is 45.5 Å². The number of phenolic OH excluding ortho intramolecular Hbond substituents is 1. The molecule has 13 heteroatoms. The van der Waals surface area contributed by atoms with Gasteiger partial charge in [-0.15, -0.1) is 11.3 Å². The number of halogens is 2. The molecule has 0 spiro atoms. The number of fused-ring (bicyclic) bond motifs is 5. The molecule has 302 valence electrons. The summed E-state index contributed by atoms with van der Waals surface area (Å²) in [6.45, 7) is 4.10. The van der Waals surface area contributed by atoms with Crippen LogP contribution in [-0.4, -0.2) is 38.5 Å². The average Bonchev–Trinajstić information content (AvgIpc) is 3.91. The van der Waals surface area contributed by atoms with Gasteiger partial charge in [-0.25, -0.2) is 4.90 Å². The molecule has 1 saturated carbocycles. The molecule has 2 aliphatic carbocycles. The number of benzene rings is 4. The number of hydrogen-bond acceptors (Lipinski definition) is 8. The highest BCUT2D eigenvalue weighted by atomic mass is 127. The molecule has 60 heavy (non-hydrogen) atoms. The summed E-state index contributed by atoms with van der Waals surface area (Å²) in [7, 11) is 1.72. The van der Waals surface area contributed by atoms with Gasteiger partial charge in [-0.2, -0.15) is 5.10 Å². The number of aryl methyl sites for hydroxylation is 2. The summed E-state index contributed by atoms with van der Waals surface area (Å²) in [5, 5.41) is 18.4. The average molecular weight is 949 g/mol. The van der Waals surface area contributed by atoms with Crippen LogP contribution in [0.2, 0.25) is 5.02 Å². The van der Waals surface area contributed by atoms with Crippen LogP contribution in [0.4, 0.5) is 11.5 Å². The van der Waals surface area contributed by atoms with Crippen molar-refractivity contribution < 1.29 is 29.0 Å². The van der Waals surface area contributed by atoms with Crippen LogP contribution in [0, 0.1) is 39.6 Å². The number of aromatic nitrogens is 2. The standard InChI is InChI=1S/C47H38ClIN4O6S/c1-24-33-19-26(48)9-18-38(33)60-42(24)36-22-39(51(3)50-36)53-44(56)35-21-34-30(16-17-32-40(34)45(57)52(43(32)55)28-12-10-27(49)11-13-28)41(47(35,2)46(53)58)31-15-14-29(20-37(31)54)59-23-25-7-5-4-6-8-25/h4-16,18-20,22,32,34-35,40-41,54H,17,21,23H2,1-3H3. The molecule has 2 aromatic heterocycles. The van der Waals surface area contributed by atoms with Gasteiger partial charge in [0.2, 0.25) is 23.6 Å². The molecular formula is C47H38ClIN4O6S. The molecule has 2 aliphatic heterocycles. The highest BCUT2D eigenvalue weighted by Crippen LogP contribution is 2.64. The number of rotatable bonds is 7. The second-order valence-corrected chi connectivity index (χ2v) is 19.1. The topological polar surface area (TPSA) is 122 Å². The van der Waals surface area contributed by atoms with Crippen molar-refractivity contribution in [2.24, 2.45) is 36.1 Å². The van der Waals surface area contributed by atoms with Crippen LogP contribution in [0.15, 0.2) is 109 Å². The van der Waals surface area contributed by atoms with E-state index in [1.807, 2.05) is 80.6 Å². The minimum Gasteiger partial charge on any atom is -0.508 e. The van der Waals surface area contributed by atoms with Crippen molar-refractivity contribution >= 4 is 90.7 Å². The molecule has 2 saturated heterocycles. The van der Waals surface area contributed by atoms with E-state index >= 15 is 9.59 Å². The maximum Gasteiger partial charge on any atom is 0.242 e. The number of thiophene rings is 1. The fourth-order valence-corrected chi connectivity index (χ4v) is 11.9. The van der Waals surface area contributed by atoms with Crippen LogP contribution in [0.25, 0.3) is 20.7 Å². The number of phenols is 1. The minimum atomic E-state index is -1.37. The second-order valence-electron chi connectivity index (χ2n) is 16.4. The minimum absolute atomic E-state index is 0.0922. The Morgan fingerprint density at radius 1 is 0.917 bits per heavy atom. The number of aromatic hydroxyl groups is 1. The fourth-order valence-electron chi connectivity index (χ4n) is 10.2. The normalized spacial score (nSPS) is 24.8. The number of allylic oxidation sites excluding steroid dienone is 2. The summed E-state index contributed by atoms with van der Waals surface area (Å²) in [5.41, 5.74) is 2.94. The summed E-state index contributed by atoms with van der Waals surface area (Å²) < 4.78 is 9.65. The lowest BCUT2D eigenvalue weighted by atomic mass is 9.51. The van der Waals surface area contributed by atoms with E-state index in [1.165, 1.54) is 9.80 Å². The molecule has 6 aromatic rings. The first kappa shape index (κ1) is 38.9. The van der Waals surface area contributed by atoms with Crippen LogP contribution in [0.1, 0.15) is 42.4 Å². The van der Waals surface area contributed by atoms with Crippen molar-refractivity contribution in [3.8, 4) is 22.1 Å². The second kappa shape index (κ2) is 14.4. The zero-order chi connectivity index (χ0) is 41.8. The number of anilines is 2. The summed E-state index contributed by atoms with van der Waals surface area (Å²) in [4.78, 5) is 62.4. The number of imide groups is 2. The molecule has 6 unspecified atom stereocenters. The molecule has 1 N–H and O–H groups in total. The van der Waals surface area contributed by atoms with Crippen LogP contribution in [0.5, 0.6) is 11.5 Å². The van der Waals surface area contributed by atoms with Crippen molar-refractivity contribution in [1.29, 1.82) is 0 Å². The van der Waals surface area contributed by atoms with Gasteiger partial charge < -0.3 is 9.84 Å². The molecule has 0 bridgehead atoms. The largest absolute Gasteiger partial charge is 0.508 e. The van der Waals surface area contributed by atoms with Gasteiger partial charge in [-0.1, -0.05) is 59.6 Å². The van der Waals surface area contributed by atoms with E-state index in [2.05, 4.69) is 22.6 Å². The summed E-state index contributed by atoms with van der Waals surface area (Å²) in [6.07, 6.45) is 2.45. The van der Waals surface area contributed by atoms with E-state index in [0.29, 0.717) is 33.5 Å². The number of carbonyl (C=O) groups is 4. The third-order valence-electron chi connectivity index (χ3n) is 13.1. The zero-order valence-corrected chi connectivity index (χ0v) is 36.5. The Hall–Kier alpha value is -5.31. The monoisotopic (exact) mass is 948 g/mol. The highest BCUT2D eigenvalue weighted by Gasteiger charge is 2.68. The van der Waals surface area contributed by atoms with E-state index in [4.69, 9.17) is 21.4 Å². The van der Waals surface area contributed by atoms with Crippen LogP contribution < -0.4 is 14.5 Å². The van der Waals surface area contributed by atoms with E-state index in [-0.39, 0.29) is 37.0 Å². The molecule has 3 fully saturated rings. The smallest absolute Gasteiger partial charge is 0.242 e. The molecule has 10 nitrogen and oxygen atoms in total. The Balaban J connectivity index is 1.06. The van der Waals surface area contributed by atoms with E-state index in [9.17, 15) is 14.7 Å². The Morgan fingerprint density at radius 3 is 2.43 bits per heavy atom. The van der Waals surface area contributed by atoms with E-state index in [1.54, 1.807) is 59.5 Å². The molecule has 4 aromatic carbocycles. The molecule has 4 heterocycles. The van der Waals surface area contributed by atoms with Crippen molar-refractivity contribution in [2.75, 3.05) is 9.80 Å². The van der Waals surface area contributed by atoms with Gasteiger partial charge in [0.1, 0.15) is 29.6 Å². The maximum absolute atomic E-state index is 15.3. The molecular weight excluding hydrogens is 911 g/mol. The Morgan fingerprint density at radius 2 is 1.68 bits per heavy atom. The van der Waals surface area contributed by atoms with E-state index in [0.717, 1.165) is 35.2 Å². The quantitative estimate of drug-likeness (QED) is 0.0962. The summed E-state index contributed by atoms with van der Waals surface area (Å²) in [6, 6.07) is 29.6. The van der Waals surface area contributed by atoms with Gasteiger partial charge in [0, 0.05) is 44.0 Å². The van der Waals surface area contributed by atoms with Gasteiger partial charge in [-0.3, -0.25) is 28.8 Å². The summed E-state index contributed by atoms with van der Waals surface area (Å²) in [5.74, 6) is -4.34. The van der Waals surface area contributed by atoms with E-state index < -0.39 is 46.8 Å². The highest BCUT2D eigenvalue weighted by molar-refractivity contribution is 14.1. The van der Waals surface area contributed by atoms with Gasteiger partial charge in [-0.05, 0) is 120 Å². The number of carbonyl (C=O) groups excluding carboxylic acids is 4. The lowest BCUT2D eigenvalue weighted by Crippen LogP contribution is -2.49. The number of ether oxygens (including phenoxy) is 1. The van der Waals surface area contributed by atoms with Crippen molar-refractivity contribution in [2.45, 2.75) is 39.2 Å². The Labute approximate surface area is 368 Å². The predicted molar refractivity (Wildman–Crippen MR) is 239 cm³/mol. The lowest BCUT2D eigenvalue weighted by molar-refractivity contribution is -0.131. The number of nitrogens with zero attached hydrogens (tertiary/aromatic N) is 4. The number of hydrogen-bond donors (Lipinski definition) is 1. The Bertz CT molecular complexity index is 2840. The SMILES string of the molecule is Cc1c(-c2cc(N3C(=O)C4CC5C(=CCC6C(=O)N(c7ccc(I)cc7)C(=O)C65)C(c5ccc(OCc6ccccc6)cc5O)C4(C)C3=O)n(C)n2)sc2ccc(Cl)cc12. The third-order valence-corrected chi connectivity index (χ3v) is 15.4. The molecule has 6 atom stereocenters. The fraction of sp³-hybridized carbons (Fsp3) is 0.255. The van der Waals surface area contributed by atoms with Crippen molar-refractivity contribution in [3.05, 3.63) is 134 Å². The molecule has 4 aliphatic rings. The van der Waals surface area contributed by atoms with Gasteiger partial charge >= 0.3 is 0 Å². The lowest BCUT2D eigenvalue weighted by Gasteiger charge is -2.49.